The summed E-state index contributed by atoms with van der Waals surface area (Å²) >= 11 is 14.9. The van der Waals surface area contributed by atoms with Crippen molar-refractivity contribution in [2.45, 2.75) is 29.5 Å². The second-order valence-corrected chi connectivity index (χ2v) is 12.2. The van der Waals surface area contributed by atoms with Crippen LogP contribution in [0.25, 0.3) is 5.76 Å². The number of thioether (sulfide) groups is 1. The van der Waals surface area contributed by atoms with Crippen molar-refractivity contribution in [3.63, 3.8) is 0 Å². The second kappa shape index (κ2) is 13.2. The van der Waals surface area contributed by atoms with E-state index in [9.17, 15) is 14.7 Å². The molecular weight excluding hydrogens is 617 g/mol. The maximum atomic E-state index is 13.5. The SMILES string of the molecule is CCCOc1cccc(C2C(=C(O)c3ccc(OC)cc3)C(=O)C(=O)N2c2nnc(SCc3ccc(Cl)cc3Cl)s2)c1. The van der Waals surface area contributed by atoms with Crippen LogP contribution < -0.4 is 14.4 Å². The zero-order valence-corrected chi connectivity index (χ0v) is 25.7. The molecule has 1 fully saturated rings. The fraction of sp³-hybridized carbons (Fsp3) is 0.200. The zero-order valence-electron chi connectivity index (χ0n) is 22.5. The Labute approximate surface area is 260 Å². The lowest BCUT2D eigenvalue weighted by atomic mass is 9.95. The van der Waals surface area contributed by atoms with Crippen LogP contribution in [0, 0.1) is 0 Å². The van der Waals surface area contributed by atoms with Crippen molar-refractivity contribution in [1.82, 2.24) is 10.2 Å². The van der Waals surface area contributed by atoms with E-state index in [2.05, 4.69) is 10.2 Å². The number of nitrogens with zero attached hydrogens (tertiary/aromatic N) is 3. The number of carbonyl (C=O) groups is 2. The predicted octanol–water partition coefficient (Wildman–Crippen LogP) is 7.56. The number of aliphatic hydroxyl groups is 1. The summed E-state index contributed by atoms with van der Waals surface area (Å²) in [5.41, 5.74) is 1.75. The summed E-state index contributed by atoms with van der Waals surface area (Å²) in [6.07, 6.45) is 0.812. The molecule has 2 heterocycles. The third-order valence-electron chi connectivity index (χ3n) is 6.42. The van der Waals surface area contributed by atoms with Crippen LogP contribution in [0.15, 0.2) is 76.6 Å². The topological polar surface area (TPSA) is 102 Å². The van der Waals surface area contributed by atoms with Gasteiger partial charge in [-0.2, -0.15) is 0 Å². The van der Waals surface area contributed by atoms with E-state index >= 15 is 0 Å². The average Bonchev–Trinajstić information content (AvgIpc) is 3.57. The average molecular weight is 643 g/mol. The molecule has 3 aromatic carbocycles. The molecule has 8 nitrogen and oxygen atoms in total. The van der Waals surface area contributed by atoms with Gasteiger partial charge in [-0.15, -0.1) is 10.2 Å². The fourth-order valence-electron chi connectivity index (χ4n) is 4.38. The van der Waals surface area contributed by atoms with Gasteiger partial charge in [0.25, 0.3) is 5.78 Å². The highest BCUT2D eigenvalue weighted by Crippen LogP contribution is 2.45. The second-order valence-electron chi connectivity index (χ2n) is 9.19. The molecule has 0 bridgehead atoms. The van der Waals surface area contributed by atoms with Gasteiger partial charge >= 0.3 is 5.91 Å². The van der Waals surface area contributed by atoms with Crippen molar-refractivity contribution in [3.05, 3.63) is 99.0 Å². The molecule has 42 heavy (non-hydrogen) atoms. The Bertz CT molecular complexity index is 1660. The highest BCUT2D eigenvalue weighted by atomic mass is 35.5. The van der Waals surface area contributed by atoms with Crippen molar-refractivity contribution in [2.75, 3.05) is 18.6 Å². The Morgan fingerprint density at radius 2 is 1.83 bits per heavy atom. The fourth-order valence-corrected chi connectivity index (χ4v) is 6.81. The maximum absolute atomic E-state index is 13.5. The number of halogens is 2. The molecule has 216 valence electrons. The molecule has 0 aliphatic carbocycles. The number of aromatic nitrogens is 2. The normalized spacial score (nSPS) is 16.2. The summed E-state index contributed by atoms with van der Waals surface area (Å²) in [5, 5.41) is 21.2. The smallest absolute Gasteiger partial charge is 0.301 e. The zero-order chi connectivity index (χ0) is 29.8. The van der Waals surface area contributed by atoms with Gasteiger partial charge in [-0.3, -0.25) is 14.5 Å². The quantitative estimate of drug-likeness (QED) is 0.0622. The van der Waals surface area contributed by atoms with Crippen molar-refractivity contribution < 1.29 is 24.2 Å². The van der Waals surface area contributed by atoms with Crippen molar-refractivity contribution >= 4 is 68.9 Å². The molecule has 1 unspecified atom stereocenters. The number of hydrogen-bond acceptors (Lipinski definition) is 9. The summed E-state index contributed by atoms with van der Waals surface area (Å²) in [7, 11) is 1.53. The van der Waals surface area contributed by atoms with Gasteiger partial charge < -0.3 is 14.6 Å². The summed E-state index contributed by atoms with van der Waals surface area (Å²) in [5.74, 6) is -0.282. The summed E-state index contributed by atoms with van der Waals surface area (Å²) in [4.78, 5) is 28.3. The molecule has 1 N–H and O–H groups in total. The van der Waals surface area contributed by atoms with Crippen molar-refractivity contribution in [2.24, 2.45) is 0 Å². The lowest BCUT2D eigenvalue weighted by Gasteiger charge is -2.23. The predicted molar refractivity (Wildman–Crippen MR) is 166 cm³/mol. The molecule has 1 aromatic heterocycles. The third-order valence-corrected chi connectivity index (χ3v) is 9.11. The van der Waals surface area contributed by atoms with Gasteiger partial charge in [0.2, 0.25) is 5.13 Å². The van der Waals surface area contributed by atoms with Crippen LogP contribution in [0.5, 0.6) is 11.5 Å². The number of ketones is 1. The minimum atomic E-state index is -0.964. The highest BCUT2D eigenvalue weighted by molar-refractivity contribution is 8.00. The van der Waals surface area contributed by atoms with E-state index < -0.39 is 17.7 Å². The molecule has 1 amide bonds. The molecule has 1 saturated heterocycles. The van der Waals surface area contributed by atoms with E-state index in [-0.39, 0.29) is 16.5 Å². The van der Waals surface area contributed by atoms with E-state index in [0.29, 0.717) is 49.4 Å². The number of rotatable bonds is 10. The third kappa shape index (κ3) is 6.27. The first kappa shape index (κ1) is 29.9. The molecule has 1 aliphatic heterocycles. The molecule has 5 rings (SSSR count). The Kier molecular flexibility index (Phi) is 9.37. The summed E-state index contributed by atoms with van der Waals surface area (Å²) in [6.45, 7) is 2.50. The molecule has 12 heteroatoms. The summed E-state index contributed by atoms with van der Waals surface area (Å²) in [6, 6.07) is 18.0. The number of aliphatic hydroxyl groups excluding tert-OH is 1. The van der Waals surface area contributed by atoms with Gasteiger partial charge in [0.05, 0.1) is 25.3 Å². The van der Waals surface area contributed by atoms with Crippen molar-refractivity contribution in [3.8, 4) is 11.5 Å². The lowest BCUT2D eigenvalue weighted by molar-refractivity contribution is -0.132. The standard InChI is InChI=1S/C30H25Cl2N3O5S2/c1-3-13-40-22-6-4-5-18(14-22)25-24(26(36)17-8-11-21(39-2)12-9-17)27(37)28(38)35(25)29-33-34-30(42-29)41-16-19-7-10-20(31)15-23(19)32/h4-12,14-15,25,36H,3,13,16H2,1-2H3. The van der Waals surface area contributed by atoms with Gasteiger partial charge in [-0.25, -0.2) is 0 Å². The van der Waals surface area contributed by atoms with Crippen LogP contribution in [0.4, 0.5) is 5.13 Å². The number of benzene rings is 3. The summed E-state index contributed by atoms with van der Waals surface area (Å²) < 4.78 is 11.6. The number of anilines is 1. The number of Topliss-reactive ketones (excluding diaryl/α,β-unsaturated/α-hetero) is 1. The number of hydrogen-bond donors (Lipinski definition) is 1. The van der Waals surface area contributed by atoms with Gasteiger partial charge in [-0.05, 0) is 66.1 Å². The van der Waals surface area contributed by atoms with Crippen LogP contribution in [0.3, 0.4) is 0 Å². The first-order valence-electron chi connectivity index (χ1n) is 12.9. The maximum Gasteiger partial charge on any atom is 0.301 e. The molecular formula is C30H25Cl2N3O5S2. The molecule has 0 saturated carbocycles. The van der Waals surface area contributed by atoms with Gasteiger partial charge in [-0.1, -0.05) is 71.4 Å². The van der Waals surface area contributed by atoms with Crippen LogP contribution in [-0.2, 0) is 15.3 Å². The molecule has 4 aromatic rings. The first-order chi connectivity index (χ1) is 20.3. The van der Waals surface area contributed by atoms with Gasteiger partial charge in [0.15, 0.2) is 4.34 Å². The van der Waals surface area contributed by atoms with E-state index in [1.165, 1.54) is 35.1 Å². The van der Waals surface area contributed by atoms with Crippen molar-refractivity contribution in [1.29, 1.82) is 0 Å². The van der Waals surface area contributed by atoms with Crippen LogP contribution >= 0.6 is 46.3 Å². The Morgan fingerprint density at radius 3 is 2.55 bits per heavy atom. The highest BCUT2D eigenvalue weighted by Gasteiger charge is 2.48. The minimum absolute atomic E-state index is 0.0600. The van der Waals surface area contributed by atoms with E-state index in [1.54, 1.807) is 60.7 Å². The van der Waals surface area contributed by atoms with Gasteiger partial charge in [0.1, 0.15) is 17.3 Å². The largest absolute Gasteiger partial charge is 0.507 e. The number of methoxy groups -OCH3 is 1. The minimum Gasteiger partial charge on any atom is -0.507 e. The number of ether oxygens (including phenoxy) is 2. The Morgan fingerprint density at radius 1 is 1.05 bits per heavy atom. The monoisotopic (exact) mass is 641 g/mol. The van der Waals surface area contributed by atoms with E-state index in [4.69, 9.17) is 32.7 Å². The molecule has 0 radical (unpaired) electrons. The van der Waals surface area contributed by atoms with Crippen LogP contribution in [0.2, 0.25) is 10.0 Å². The number of carbonyl (C=O) groups excluding carboxylic acids is 2. The molecule has 1 atom stereocenters. The Hall–Kier alpha value is -3.57. The van der Waals surface area contributed by atoms with E-state index in [0.717, 1.165) is 12.0 Å². The van der Waals surface area contributed by atoms with Crippen LogP contribution in [0.1, 0.15) is 36.1 Å². The van der Waals surface area contributed by atoms with Crippen LogP contribution in [-0.4, -0.2) is 40.7 Å². The first-order valence-corrected chi connectivity index (χ1v) is 15.4. The Balaban J connectivity index is 1.54. The van der Waals surface area contributed by atoms with Gasteiger partial charge in [0, 0.05) is 21.4 Å². The lowest BCUT2D eigenvalue weighted by Crippen LogP contribution is -2.29. The molecule has 1 aliphatic rings. The van der Waals surface area contributed by atoms with E-state index in [1.807, 2.05) is 13.0 Å². The number of amides is 1. The molecule has 0 spiro atoms.